The molecule has 1 aromatic heterocycles. The number of halogens is 1. The van der Waals surface area contributed by atoms with Gasteiger partial charge in [0.2, 0.25) is 0 Å². The molecule has 2 aliphatic rings. The highest BCUT2D eigenvalue weighted by atomic mass is 79.9. The minimum atomic E-state index is -0.750. The van der Waals surface area contributed by atoms with Crippen LogP contribution < -0.4 is 5.32 Å². The molecule has 24 heavy (non-hydrogen) atoms. The molecule has 7 nitrogen and oxygen atoms in total. The molecule has 0 aliphatic carbocycles. The Morgan fingerprint density at radius 3 is 2.67 bits per heavy atom. The van der Waals surface area contributed by atoms with Crippen LogP contribution in [0.3, 0.4) is 0 Å². The van der Waals surface area contributed by atoms with Crippen molar-refractivity contribution in [2.75, 3.05) is 26.3 Å². The van der Waals surface area contributed by atoms with Crippen LogP contribution in [0, 0.1) is 0 Å². The van der Waals surface area contributed by atoms with Crippen molar-refractivity contribution < 1.29 is 19.0 Å². The summed E-state index contributed by atoms with van der Waals surface area (Å²) in [5.41, 5.74) is -1.52. The van der Waals surface area contributed by atoms with Gasteiger partial charge in [0.15, 0.2) is 5.60 Å². The smallest absolute Gasteiger partial charge is 0.332 e. The molecule has 2 saturated heterocycles. The summed E-state index contributed by atoms with van der Waals surface area (Å²) in [6.45, 7) is 7.33. The predicted octanol–water partition coefficient (Wildman–Crippen LogP) is 1.50. The fraction of sp³-hybridized carbons (Fsp3) is 0.750. The number of hydrogen-bond donors (Lipinski definition) is 1. The van der Waals surface area contributed by atoms with Crippen LogP contribution in [0.25, 0.3) is 0 Å². The first kappa shape index (κ1) is 17.8. The van der Waals surface area contributed by atoms with Crippen molar-refractivity contribution in [2.24, 2.45) is 7.05 Å². The molecule has 0 amide bonds. The number of nitrogens with one attached hydrogen (secondary N) is 1. The normalized spacial score (nSPS) is 25.7. The average molecular weight is 402 g/mol. The molecule has 1 atom stereocenters. The molecular formula is C16H24BrN3O4. The third kappa shape index (κ3) is 3.51. The molecule has 3 heterocycles. The highest BCUT2D eigenvalue weighted by molar-refractivity contribution is 9.10. The zero-order chi connectivity index (χ0) is 17.6. The molecule has 0 radical (unpaired) electrons. The van der Waals surface area contributed by atoms with Gasteiger partial charge >= 0.3 is 5.97 Å². The van der Waals surface area contributed by atoms with E-state index in [1.165, 1.54) is 0 Å². The topological polar surface area (TPSA) is 74.6 Å². The van der Waals surface area contributed by atoms with Crippen molar-refractivity contribution in [3.05, 3.63) is 16.6 Å². The predicted molar refractivity (Wildman–Crippen MR) is 90.6 cm³/mol. The first-order valence-electron chi connectivity index (χ1n) is 8.03. The van der Waals surface area contributed by atoms with Crippen molar-refractivity contribution in [3.8, 4) is 0 Å². The lowest BCUT2D eigenvalue weighted by atomic mass is 9.86. The van der Waals surface area contributed by atoms with E-state index in [1.807, 2.05) is 38.6 Å². The van der Waals surface area contributed by atoms with Crippen LogP contribution in [0.15, 0.2) is 10.8 Å². The summed E-state index contributed by atoms with van der Waals surface area (Å²) in [4.78, 5) is 16.6. The second kappa shape index (κ2) is 6.09. The van der Waals surface area contributed by atoms with Gasteiger partial charge < -0.3 is 24.1 Å². The van der Waals surface area contributed by atoms with E-state index in [1.54, 1.807) is 0 Å². The molecule has 0 aromatic carbocycles. The van der Waals surface area contributed by atoms with E-state index in [4.69, 9.17) is 14.2 Å². The molecule has 1 aromatic rings. The maximum Gasteiger partial charge on any atom is 0.332 e. The molecule has 1 unspecified atom stereocenters. The lowest BCUT2D eigenvalue weighted by Gasteiger charge is -2.39. The van der Waals surface area contributed by atoms with Gasteiger partial charge in [-0.15, -0.1) is 0 Å². The van der Waals surface area contributed by atoms with Gasteiger partial charge in [-0.3, -0.25) is 0 Å². The number of aromatic nitrogens is 2. The van der Waals surface area contributed by atoms with Gasteiger partial charge in [0.1, 0.15) is 22.6 Å². The van der Waals surface area contributed by atoms with Crippen LogP contribution in [0.4, 0.5) is 0 Å². The molecule has 2 aliphatic heterocycles. The van der Waals surface area contributed by atoms with Gasteiger partial charge in [-0.05, 0) is 36.7 Å². The molecule has 134 valence electrons. The highest BCUT2D eigenvalue weighted by Crippen LogP contribution is 2.44. The van der Waals surface area contributed by atoms with Gasteiger partial charge in [0.05, 0.1) is 12.2 Å². The average Bonchev–Trinajstić information content (AvgIpc) is 2.96. The molecule has 0 saturated carbocycles. The van der Waals surface area contributed by atoms with Crippen molar-refractivity contribution in [1.82, 2.24) is 14.9 Å². The number of imidazole rings is 1. The van der Waals surface area contributed by atoms with Gasteiger partial charge in [0, 0.05) is 32.8 Å². The lowest BCUT2D eigenvalue weighted by molar-refractivity contribution is -0.168. The summed E-state index contributed by atoms with van der Waals surface area (Å²) in [5.74, 6) is 0.365. The fourth-order valence-electron chi connectivity index (χ4n) is 3.25. The summed E-state index contributed by atoms with van der Waals surface area (Å²) in [7, 11) is 1.91. The molecular weight excluding hydrogens is 378 g/mol. The van der Waals surface area contributed by atoms with E-state index in [9.17, 15) is 4.79 Å². The number of hydrogen-bond acceptors (Lipinski definition) is 6. The summed E-state index contributed by atoms with van der Waals surface area (Å²) in [5, 5.41) is 3.24. The van der Waals surface area contributed by atoms with Crippen LogP contribution in [-0.2, 0) is 31.7 Å². The Kier molecular flexibility index (Phi) is 4.53. The quantitative estimate of drug-likeness (QED) is 0.770. The minimum Gasteiger partial charge on any atom is -0.458 e. The number of nitrogens with zero attached hydrogens (tertiary/aromatic N) is 2. The summed E-state index contributed by atoms with van der Waals surface area (Å²) >= 11 is 3.40. The van der Waals surface area contributed by atoms with Crippen LogP contribution in [0.2, 0.25) is 0 Å². The summed E-state index contributed by atoms with van der Waals surface area (Å²) in [6, 6.07) is 0. The monoisotopic (exact) mass is 401 g/mol. The van der Waals surface area contributed by atoms with Crippen molar-refractivity contribution in [3.63, 3.8) is 0 Å². The largest absolute Gasteiger partial charge is 0.458 e. The van der Waals surface area contributed by atoms with E-state index in [-0.39, 0.29) is 18.2 Å². The Bertz CT molecular complexity index is 636. The molecule has 2 fully saturated rings. The summed E-state index contributed by atoms with van der Waals surface area (Å²) in [6.07, 6.45) is 2.53. The van der Waals surface area contributed by atoms with E-state index < -0.39 is 11.2 Å². The van der Waals surface area contributed by atoms with Crippen molar-refractivity contribution >= 4 is 21.9 Å². The zero-order valence-electron chi connectivity index (χ0n) is 14.5. The highest BCUT2D eigenvalue weighted by Gasteiger charge is 2.56. The van der Waals surface area contributed by atoms with Crippen LogP contribution in [-0.4, -0.2) is 53.0 Å². The number of carbonyl (C=O) groups is 1. The first-order chi connectivity index (χ1) is 11.1. The van der Waals surface area contributed by atoms with Crippen LogP contribution in [0.1, 0.15) is 33.0 Å². The Labute approximate surface area is 150 Å². The minimum absolute atomic E-state index is 0.130. The van der Waals surface area contributed by atoms with Crippen LogP contribution >= 0.6 is 15.9 Å². The molecule has 1 N–H and O–H groups in total. The summed E-state index contributed by atoms with van der Waals surface area (Å²) < 4.78 is 20.1. The number of esters is 1. The van der Waals surface area contributed by atoms with Gasteiger partial charge in [-0.2, -0.15) is 0 Å². The van der Waals surface area contributed by atoms with Crippen LogP contribution in [0.5, 0.6) is 0 Å². The van der Waals surface area contributed by atoms with Gasteiger partial charge in [-0.1, -0.05) is 0 Å². The maximum absolute atomic E-state index is 12.1. The standard InChI is InChI=1S/C16H24BrN3O4/c1-14(2,3)24-12(21)6-22-16(13-19-11(17)5-20(13)4)7-15(23-10-16)8-18-9-15/h5,18H,6-10H2,1-4H3. The number of ether oxygens (including phenoxy) is 3. The maximum atomic E-state index is 12.1. The number of aryl methyl sites for hydroxylation is 1. The van der Waals surface area contributed by atoms with E-state index in [0.717, 1.165) is 23.5 Å². The number of carbonyl (C=O) groups excluding carboxylic acids is 1. The molecule has 8 heteroatoms. The zero-order valence-corrected chi connectivity index (χ0v) is 16.1. The second-order valence-electron chi connectivity index (χ2n) is 7.62. The van der Waals surface area contributed by atoms with Gasteiger partial charge in [0.25, 0.3) is 0 Å². The van der Waals surface area contributed by atoms with Crippen molar-refractivity contribution in [1.29, 1.82) is 0 Å². The fourth-order valence-corrected chi connectivity index (χ4v) is 3.72. The Morgan fingerprint density at radius 2 is 2.21 bits per heavy atom. The Morgan fingerprint density at radius 1 is 1.50 bits per heavy atom. The van der Waals surface area contributed by atoms with Gasteiger partial charge in [-0.25, -0.2) is 9.78 Å². The molecule has 0 bridgehead atoms. The lowest BCUT2D eigenvalue weighted by Crippen LogP contribution is -2.59. The molecule has 1 spiro atoms. The van der Waals surface area contributed by atoms with Crippen molar-refractivity contribution in [2.45, 2.75) is 44.0 Å². The second-order valence-corrected chi connectivity index (χ2v) is 8.43. The molecule has 3 rings (SSSR count). The van der Waals surface area contributed by atoms with E-state index in [2.05, 4.69) is 26.2 Å². The third-order valence-electron chi connectivity index (χ3n) is 4.25. The van der Waals surface area contributed by atoms with E-state index in [0.29, 0.717) is 13.0 Å². The first-order valence-corrected chi connectivity index (χ1v) is 8.82. The SMILES string of the molecule is Cn1cc(Br)nc1C1(OCC(=O)OC(C)(C)C)COC2(CNC2)C1. The Balaban J connectivity index is 1.79. The van der Waals surface area contributed by atoms with E-state index >= 15 is 0 Å². The third-order valence-corrected chi connectivity index (χ3v) is 4.64. The Hall–Kier alpha value is -0.960. The number of rotatable bonds is 4.